The number of carbonyl (C=O) groups excluding carboxylic acids is 1. The molecule has 0 radical (unpaired) electrons. The number of rotatable bonds is 7. The van der Waals surface area contributed by atoms with Gasteiger partial charge in [-0.2, -0.15) is 0 Å². The molecule has 1 saturated heterocycles. The number of hydrogen-bond donors (Lipinski definition) is 1. The molecular formula is C18H28ClN3O3. The Labute approximate surface area is 155 Å². The van der Waals surface area contributed by atoms with Crippen LogP contribution in [-0.2, 0) is 11.3 Å². The van der Waals surface area contributed by atoms with E-state index in [4.69, 9.17) is 5.11 Å². The third-order valence-corrected chi connectivity index (χ3v) is 4.35. The van der Waals surface area contributed by atoms with Crippen molar-refractivity contribution in [3.05, 3.63) is 35.9 Å². The minimum absolute atomic E-state index is 0. The number of amides is 2. The van der Waals surface area contributed by atoms with Gasteiger partial charge in [-0.1, -0.05) is 30.3 Å². The molecule has 1 aromatic carbocycles. The molecule has 0 aliphatic carbocycles. The van der Waals surface area contributed by atoms with Gasteiger partial charge in [0, 0.05) is 46.2 Å². The molecule has 1 heterocycles. The maximum absolute atomic E-state index is 12.5. The maximum Gasteiger partial charge on any atom is 0.320 e. The molecule has 6 nitrogen and oxygen atoms in total. The molecule has 1 aliphatic heterocycles. The van der Waals surface area contributed by atoms with Crippen molar-refractivity contribution in [2.75, 3.05) is 39.8 Å². The molecule has 0 aromatic heterocycles. The fraction of sp³-hybridized carbons (Fsp3) is 0.556. The second-order valence-electron chi connectivity index (χ2n) is 6.30. The van der Waals surface area contributed by atoms with Gasteiger partial charge in [0.15, 0.2) is 0 Å². The monoisotopic (exact) mass is 369 g/mol. The molecule has 25 heavy (non-hydrogen) atoms. The van der Waals surface area contributed by atoms with Crippen LogP contribution in [0.15, 0.2) is 30.3 Å². The molecule has 2 rings (SSSR count). The largest absolute Gasteiger partial charge is 0.481 e. The van der Waals surface area contributed by atoms with Crippen molar-refractivity contribution < 1.29 is 14.7 Å². The van der Waals surface area contributed by atoms with Crippen LogP contribution >= 0.6 is 12.4 Å². The van der Waals surface area contributed by atoms with Crippen molar-refractivity contribution in [2.24, 2.45) is 0 Å². The van der Waals surface area contributed by atoms with E-state index in [0.717, 1.165) is 44.7 Å². The van der Waals surface area contributed by atoms with Crippen molar-refractivity contribution in [2.45, 2.75) is 25.8 Å². The van der Waals surface area contributed by atoms with E-state index in [0.29, 0.717) is 13.0 Å². The lowest BCUT2D eigenvalue weighted by Gasteiger charge is -2.36. The SMILES string of the molecule is CN(Cc1ccccc1)C(=O)N1CCN(CCCCC(=O)O)CC1.Cl. The van der Waals surface area contributed by atoms with E-state index in [2.05, 4.69) is 4.90 Å². The fourth-order valence-electron chi connectivity index (χ4n) is 2.94. The Balaban J connectivity index is 0.00000312. The van der Waals surface area contributed by atoms with E-state index in [9.17, 15) is 9.59 Å². The van der Waals surface area contributed by atoms with Crippen LogP contribution in [0, 0.1) is 0 Å². The van der Waals surface area contributed by atoms with Gasteiger partial charge in [0.25, 0.3) is 0 Å². The minimum Gasteiger partial charge on any atom is -0.481 e. The topological polar surface area (TPSA) is 64.1 Å². The summed E-state index contributed by atoms with van der Waals surface area (Å²) in [4.78, 5) is 29.0. The van der Waals surface area contributed by atoms with Crippen LogP contribution in [0.1, 0.15) is 24.8 Å². The van der Waals surface area contributed by atoms with Crippen LogP contribution < -0.4 is 0 Å². The quantitative estimate of drug-likeness (QED) is 0.750. The highest BCUT2D eigenvalue weighted by atomic mass is 35.5. The normalized spacial score (nSPS) is 14.7. The van der Waals surface area contributed by atoms with Gasteiger partial charge in [0.1, 0.15) is 0 Å². The summed E-state index contributed by atoms with van der Waals surface area (Å²) >= 11 is 0. The number of nitrogens with zero attached hydrogens (tertiary/aromatic N) is 3. The average molecular weight is 370 g/mol. The van der Waals surface area contributed by atoms with Crippen molar-refractivity contribution >= 4 is 24.4 Å². The molecule has 1 fully saturated rings. The van der Waals surface area contributed by atoms with Gasteiger partial charge in [-0.05, 0) is 24.9 Å². The summed E-state index contributed by atoms with van der Waals surface area (Å²) in [7, 11) is 1.84. The predicted octanol–water partition coefficient (Wildman–Crippen LogP) is 2.53. The number of urea groups is 1. The smallest absolute Gasteiger partial charge is 0.320 e. The first kappa shape index (κ1) is 21.3. The number of piperazine rings is 1. The number of halogens is 1. The maximum atomic E-state index is 12.5. The summed E-state index contributed by atoms with van der Waals surface area (Å²) in [5, 5.41) is 8.64. The van der Waals surface area contributed by atoms with Gasteiger partial charge in [-0.15, -0.1) is 12.4 Å². The van der Waals surface area contributed by atoms with Crippen molar-refractivity contribution in [3.8, 4) is 0 Å². The number of benzene rings is 1. The molecule has 0 unspecified atom stereocenters. The zero-order valence-electron chi connectivity index (χ0n) is 14.8. The predicted molar refractivity (Wildman–Crippen MR) is 100 cm³/mol. The zero-order valence-corrected chi connectivity index (χ0v) is 15.6. The zero-order chi connectivity index (χ0) is 17.4. The summed E-state index contributed by atoms with van der Waals surface area (Å²) in [6.07, 6.45) is 1.85. The first-order valence-electron chi connectivity index (χ1n) is 8.54. The van der Waals surface area contributed by atoms with Crippen LogP contribution in [0.2, 0.25) is 0 Å². The van der Waals surface area contributed by atoms with Gasteiger partial charge in [0.05, 0.1) is 0 Å². The van der Waals surface area contributed by atoms with Gasteiger partial charge in [-0.25, -0.2) is 4.79 Å². The Morgan fingerprint density at radius 2 is 1.72 bits per heavy atom. The van der Waals surface area contributed by atoms with Crippen LogP contribution in [0.4, 0.5) is 4.79 Å². The molecule has 7 heteroatoms. The molecule has 1 aliphatic rings. The molecule has 1 N–H and O–H groups in total. The van der Waals surface area contributed by atoms with Crippen LogP contribution in [0.3, 0.4) is 0 Å². The first-order valence-corrected chi connectivity index (χ1v) is 8.54. The number of hydrogen-bond acceptors (Lipinski definition) is 3. The summed E-state index contributed by atoms with van der Waals surface area (Å²) in [6, 6.07) is 10.1. The van der Waals surface area contributed by atoms with E-state index in [1.807, 2.05) is 42.3 Å². The number of carbonyl (C=O) groups is 2. The molecule has 0 saturated carbocycles. The van der Waals surface area contributed by atoms with E-state index in [1.165, 1.54) is 0 Å². The Morgan fingerprint density at radius 3 is 2.32 bits per heavy atom. The molecule has 0 atom stereocenters. The molecule has 140 valence electrons. The second-order valence-corrected chi connectivity index (χ2v) is 6.30. The highest BCUT2D eigenvalue weighted by Gasteiger charge is 2.23. The molecule has 1 aromatic rings. The number of unbranched alkanes of at least 4 members (excludes halogenated alkanes) is 1. The Morgan fingerprint density at radius 1 is 1.08 bits per heavy atom. The van der Waals surface area contributed by atoms with Crippen LogP contribution in [0.5, 0.6) is 0 Å². The lowest BCUT2D eigenvalue weighted by molar-refractivity contribution is -0.137. The summed E-state index contributed by atoms with van der Waals surface area (Å²) in [5.74, 6) is -0.730. The van der Waals surface area contributed by atoms with E-state index < -0.39 is 5.97 Å². The third-order valence-electron chi connectivity index (χ3n) is 4.35. The highest BCUT2D eigenvalue weighted by Crippen LogP contribution is 2.09. The average Bonchev–Trinajstić information content (AvgIpc) is 2.59. The van der Waals surface area contributed by atoms with E-state index in [-0.39, 0.29) is 24.9 Å². The molecular weight excluding hydrogens is 342 g/mol. The van der Waals surface area contributed by atoms with Gasteiger partial charge in [0.2, 0.25) is 0 Å². The Kier molecular flexibility index (Phi) is 9.31. The van der Waals surface area contributed by atoms with Gasteiger partial charge < -0.3 is 14.9 Å². The second kappa shape index (κ2) is 10.9. The lowest BCUT2D eigenvalue weighted by atomic mass is 10.2. The van der Waals surface area contributed by atoms with Crippen molar-refractivity contribution in [1.29, 1.82) is 0 Å². The van der Waals surface area contributed by atoms with E-state index in [1.54, 1.807) is 4.90 Å². The van der Waals surface area contributed by atoms with Crippen LogP contribution in [0.25, 0.3) is 0 Å². The number of carboxylic acids is 1. The summed E-state index contributed by atoms with van der Waals surface area (Å²) in [5.41, 5.74) is 1.13. The fourth-order valence-corrected chi connectivity index (χ4v) is 2.94. The molecule has 0 bridgehead atoms. The summed E-state index contributed by atoms with van der Waals surface area (Å²) < 4.78 is 0. The number of aliphatic carboxylic acids is 1. The van der Waals surface area contributed by atoms with E-state index >= 15 is 0 Å². The Bertz CT molecular complexity index is 534. The minimum atomic E-state index is -0.730. The number of carboxylic acid groups (broad SMARTS) is 1. The van der Waals surface area contributed by atoms with Crippen molar-refractivity contribution in [1.82, 2.24) is 14.7 Å². The van der Waals surface area contributed by atoms with Crippen molar-refractivity contribution in [3.63, 3.8) is 0 Å². The summed E-state index contributed by atoms with van der Waals surface area (Å²) in [6.45, 7) is 4.72. The molecule has 2 amide bonds. The third kappa shape index (κ3) is 7.32. The first-order chi connectivity index (χ1) is 11.6. The highest BCUT2D eigenvalue weighted by molar-refractivity contribution is 5.85. The van der Waals surface area contributed by atoms with Gasteiger partial charge >= 0.3 is 12.0 Å². The Hall–Kier alpha value is -1.79. The standard InChI is InChI=1S/C18H27N3O3.ClH/c1-19(15-16-7-3-2-4-8-16)18(24)21-13-11-20(12-14-21)10-6-5-9-17(22)23;/h2-4,7-8H,5-6,9-15H2,1H3,(H,22,23);1H. The lowest BCUT2D eigenvalue weighted by Crippen LogP contribution is -2.52. The van der Waals surface area contributed by atoms with Gasteiger partial charge in [-0.3, -0.25) is 9.69 Å². The van der Waals surface area contributed by atoms with Crippen LogP contribution in [-0.4, -0.2) is 71.6 Å². The molecule has 0 spiro atoms.